The van der Waals surface area contributed by atoms with Gasteiger partial charge >= 0.3 is 0 Å². The van der Waals surface area contributed by atoms with Gasteiger partial charge < -0.3 is 10.4 Å². The summed E-state index contributed by atoms with van der Waals surface area (Å²) in [6, 6.07) is 3.22. The summed E-state index contributed by atoms with van der Waals surface area (Å²) in [7, 11) is 0. The molecule has 1 atom stereocenters. The van der Waals surface area contributed by atoms with Gasteiger partial charge in [-0.15, -0.1) is 0 Å². The maximum absolute atomic E-state index is 13.3. The van der Waals surface area contributed by atoms with Crippen LogP contribution < -0.4 is 5.32 Å². The molecule has 1 saturated heterocycles. The maximum atomic E-state index is 13.3. The van der Waals surface area contributed by atoms with Crippen molar-refractivity contribution in [1.29, 1.82) is 0 Å². The molecule has 1 aromatic carbocycles. The van der Waals surface area contributed by atoms with Gasteiger partial charge in [-0.1, -0.05) is 0 Å². The molecule has 2 rings (SSSR count). The van der Waals surface area contributed by atoms with E-state index in [4.69, 9.17) is 0 Å². The molecule has 2 N–H and O–H groups in total. The average Bonchev–Trinajstić information content (AvgIpc) is 2.27. The van der Waals surface area contributed by atoms with Crippen LogP contribution in [0.5, 0.6) is 5.75 Å². The van der Waals surface area contributed by atoms with Crippen molar-refractivity contribution in [3.63, 3.8) is 0 Å². The van der Waals surface area contributed by atoms with Crippen LogP contribution >= 0.6 is 15.9 Å². The zero-order chi connectivity index (χ0) is 11.5. The second kappa shape index (κ2) is 5.15. The number of benzene rings is 1. The van der Waals surface area contributed by atoms with E-state index in [-0.39, 0.29) is 5.75 Å². The number of piperidine rings is 1. The van der Waals surface area contributed by atoms with Crippen LogP contribution in [0.2, 0.25) is 0 Å². The van der Waals surface area contributed by atoms with Crippen molar-refractivity contribution in [2.45, 2.75) is 19.3 Å². The second-order valence-electron chi connectivity index (χ2n) is 4.32. The van der Waals surface area contributed by atoms with Gasteiger partial charge in [0.05, 0.1) is 4.47 Å². The summed E-state index contributed by atoms with van der Waals surface area (Å²) in [5, 5.41) is 12.6. The van der Waals surface area contributed by atoms with Gasteiger partial charge in [-0.25, -0.2) is 4.39 Å². The summed E-state index contributed by atoms with van der Waals surface area (Å²) >= 11 is 3.16. The van der Waals surface area contributed by atoms with E-state index in [1.807, 2.05) is 0 Å². The zero-order valence-corrected chi connectivity index (χ0v) is 10.6. The Kier molecular flexibility index (Phi) is 3.82. The lowest BCUT2D eigenvalue weighted by molar-refractivity contribution is 0.374. The van der Waals surface area contributed by atoms with Crippen LogP contribution in [-0.2, 0) is 6.42 Å². The van der Waals surface area contributed by atoms with Crippen LogP contribution in [0.15, 0.2) is 16.6 Å². The minimum atomic E-state index is -0.548. The standard InChI is InChI=1S/C12H15BrFNO/c13-10-5-9(6-11(14)12(10)16)4-8-2-1-3-15-7-8/h5-6,8,15-16H,1-4,7H2. The van der Waals surface area contributed by atoms with Crippen LogP contribution in [-0.4, -0.2) is 18.2 Å². The fourth-order valence-electron chi connectivity index (χ4n) is 2.17. The molecule has 1 unspecified atom stereocenters. The molecule has 1 heterocycles. The molecule has 0 amide bonds. The molecule has 0 bridgehead atoms. The Balaban J connectivity index is 2.09. The first-order chi connectivity index (χ1) is 7.66. The van der Waals surface area contributed by atoms with Gasteiger partial charge in [0.2, 0.25) is 0 Å². The van der Waals surface area contributed by atoms with E-state index in [2.05, 4.69) is 21.2 Å². The van der Waals surface area contributed by atoms with Crippen molar-refractivity contribution in [1.82, 2.24) is 5.32 Å². The first-order valence-corrected chi connectivity index (χ1v) is 6.33. The molecule has 2 nitrogen and oxygen atoms in total. The Morgan fingerprint density at radius 2 is 2.31 bits per heavy atom. The number of nitrogens with one attached hydrogen (secondary N) is 1. The molecule has 1 aliphatic heterocycles. The maximum Gasteiger partial charge on any atom is 0.166 e. The van der Waals surface area contributed by atoms with Gasteiger partial charge in [-0.2, -0.15) is 0 Å². The van der Waals surface area contributed by atoms with Crippen LogP contribution in [0.4, 0.5) is 4.39 Å². The van der Waals surface area contributed by atoms with Crippen molar-refractivity contribution >= 4 is 15.9 Å². The molecular formula is C12H15BrFNO. The summed E-state index contributed by atoms with van der Waals surface area (Å²) < 4.78 is 13.7. The van der Waals surface area contributed by atoms with E-state index in [9.17, 15) is 9.50 Å². The highest BCUT2D eigenvalue weighted by molar-refractivity contribution is 9.10. The Bertz CT molecular complexity index is 354. The van der Waals surface area contributed by atoms with Crippen LogP contribution in [0.3, 0.4) is 0 Å². The highest BCUT2D eigenvalue weighted by atomic mass is 79.9. The Morgan fingerprint density at radius 3 is 2.94 bits per heavy atom. The van der Waals surface area contributed by atoms with Gasteiger partial charge in [0, 0.05) is 0 Å². The summed E-state index contributed by atoms with van der Waals surface area (Å²) in [6.07, 6.45) is 3.24. The van der Waals surface area contributed by atoms with Gasteiger partial charge in [0.1, 0.15) is 0 Å². The third-order valence-electron chi connectivity index (χ3n) is 3.00. The molecule has 0 aliphatic carbocycles. The number of halogens is 2. The number of phenolic OH excluding ortho intramolecular Hbond substituents is 1. The minimum absolute atomic E-state index is 0.300. The predicted octanol–water partition coefficient (Wildman–Crippen LogP) is 2.84. The normalized spacial score (nSPS) is 21.0. The molecule has 16 heavy (non-hydrogen) atoms. The monoisotopic (exact) mass is 287 g/mol. The summed E-state index contributed by atoms with van der Waals surface area (Å²) in [5.74, 6) is -0.275. The lowest BCUT2D eigenvalue weighted by Gasteiger charge is -2.22. The van der Waals surface area contributed by atoms with E-state index in [0.29, 0.717) is 10.4 Å². The number of phenols is 1. The van der Waals surface area contributed by atoms with Crippen molar-refractivity contribution in [2.24, 2.45) is 5.92 Å². The van der Waals surface area contributed by atoms with Crippen molar-refractivity contribution in [3.8, 4) is 5.75 Å². The highest BCUT2D eigenvalue weighted by Gasteiger charge is 2.15. The van der Waals surface area contributed by atoms with Crippen LogP contribution in [0.25, 0.3) is 0 Å². The van der Waals surface area contributed by atoms with E-state index < -0.39 is 5.82 Å². The highest BCUT2D eigenvalue weighted by Crippen LogP contribution is 2.29. The van der Waals surface area contributed by atoms with E-state index in [1.54, 1.807) is 6.07 Å². The number of rotatable bonds is 2. The molecule has 0 aromatic heterocycles. The molecule has 1 fully saturated rings. The molecule has 0 spiro atoms. The van der Waals surface area contributed by atoms with Gasteiger partial charge in [0.15, 0.2) is 11.6 Å². The summed E-state index contributed by atoms with van der Waals surface area (Å²) in [5.41, 5.74) is 0.941. The lowest BCUT2D eigenvalue weighted by Crippen LogP contribution is -2.30. The Morgan fingerprint density at radius 1 is 1.50 bits per heavy atom. The fourth-order valence-corrected chi connectivity index (χ4v) is 2.65. The lowest BCUT2D eigenvalue weighted by atomic mass is 9.92. The SMILES string of the molecule is Oc1c(F)cc(CC2CCCNC2)cc1Br. The van der Waals surface area contributed by atoms with Gasteiger partial charge in [0.25, 0.3) is 0 Å². The summed E-state index contributed by atoms with van der Waals surface area (Å²) in [4.78, 5) is 0. The number of hydrogen-bond acceptors (Lipinski definition) is 2. The largest absolute Gasteiger partial charge is 0.504 e. The van der Waals surface area contributed by atoms with E-state index in [1.165, 1.54) is 18.9 Å². The quantitative estimate of drug-likeness (QED) is 0.877. The van der Waals surface area contributed by atoms with Crippen LogP contribution in [0.1, 0.15) is 18.4 Å². The Hall–Kier alpha value is -0.610. The topological polar surface area (TPSA) is 32.3 Å². The predicted molar refractivity (Wildman–Crippen MR) is 65.1 cm³/mol. The fraction of sp³-hybridized carbons (Fsp3) is 0.500. The van der Waals surface area contributed by atoms with Crippen LogP contribution in [0, 0.1) is 11.7 Å². The van der Waals surface area contributed by atoms with E-state index in [0.717, 1.165) is 25.1 Å². The molecule has 1 aromatic rings. The average molecular weight is 288 g/mol. The third kappa shape index (κ3) is 2.74. The molecule has 1 aliphatic rings. The molecule has 88 valence electrons. The van der Waals surface area contributed by atoms with Crippen molar-refractivity contribution in [2.75, 3.05) is 13.1 Å². The first-order valence-electron chi connectivity index (χ1n) is 5.54. The minimum Gasteiger partial charge on any atom is -0.504 e. The van der Waals surface area contributed by atoms with Gasteiger partial charge in [-0.05, 0) is 71.9 Å². The van der Waals surface area contributed by atoms with E-state index >= 15 is 0 Å². The Labute approximate surface area is 103 Å². The molecular weight excluding hydrogens is 273 g/mol. The molecule has 0 saturated carbocycles. The third-order valence-corrected chi connectivity index (χ3v) is 3.60. The first kappa shape index (κ1) is 11.9. The number of aromatic hydroxyl groups is 1. The molecule has 0 radical (unpaired) electrons. The smallest absolute Gasteiger partial charge is 0.166 e. The van der Waals surface area contributed by atoms with Crippen molar-refractivity contribution in [3.05, 3.63) is 28.0 Å². The molecule has 4 heteroatoms. The second-order valence-corrected chi connectivity index (χ2v) is 5.18. The zero-order valence-electron chi connectivity index (χ0n) is 8.97. The number of hydrogen-bond donors (Lipinski definition) is 2. The summed E-state index contributed by atoms with van der Waals surface area (Å²) in [6.45, 7) is 2.09. The van der Waals surface area contributed by atoms with Gasteiger partial charge in [-0.3, -0.25) is 0 Å². The van der Waals surface area contributed by atoms with Crippen molar-refractivity contribution < 1.29 is 9.50 Å².